The Morgan fingerprint density at radius 2 is 1.95 bits per heavy atom. The molecule has 3 atom stereocenters. The maximum Gasteiger partial charge on any atom is 0.415 e. The van der Waals surface area contributed by atoms with E-state index in [4.69, 9.17) is 9.47 Å². The Hall–Kier alpha value is -2.30. The van der Waals surface area contributed by atoms with E-state index in [1.54, 1.807) is 17.0 Å². The highest BCUT2D eigenvalue weighted by Crippen LogP contribution is 2.35. The van der Waals surface area contributed by atoms with Gasteiger partial charge in [-0.25, -0.2) is 4.79 Å². The first-order valence-corrected chi connectivity index (χ1v) is 6.98. The molecule has 0 radical (unpaired) electrons. The zero-order chi connectivity index (χ0) is 14.8. The molecule has 1 aromatic carbocycles. The van der Waals surface area contributed by atoms with E-state index in [1.165, 1.54) is 7.11 Å². The van der Waals surface area contributed by atoms with Crippen LogP contribution in [-0.4, -0.2) is 36.7 Å². The Balaban J connectivity index is 1.75. The van der Waals surface area contributed by atoms with Gasteiger partial charge in [0.2, 0.25) is 0 Å². The van der Waals surface area contributed by atoms with Crippen molar-refractivity contribution >= 4 is 12.1 Å². The molecule has 0 spiro atoms. The fourth-order valence-electron chi connectivity index (χ4n) is 3.01. The predicted molar refractivity (Wildman–Crippen MR) is 75.7 cm³/mol. The molecule has 0 N–H and O–H groups in total. The summed E-state index contributed by atoms with van der Waals surface area (Å²) in [6, 6.07) is 8.65. The maximum absolute atomic E-state index is 12.3. The number of piperidine rings is 1. The predicted octanol–water partition coefficient (Wildman–Crippen LogP) is 2.23. The molecule has 2 heterocycles. The number of methoxy groups -OCH3 is 1. The number of ether oxygens (including phenoxy) is 2. The smallest absolute Gasteiger partial charge is 0.415 e. The van der Waals surface area contributed by atoms with Crippen molar-refractivity contribution in [1.29, 1.82) is 0 Å². The lowest BCUT2D eigenvalue weighted by molar-refractivity contribution is -0.149. The lowest BCUT2D eigenvalue weighted by Gasteiger charge is -2.44. The number of hydrogen-bond donors (Lipinski definition) is 0. The molecule has 4 rings (SSSR count). The second-order valence-corrected chi connectivity index (χ2v) is 5.33. The molecule has 2 bridgehead atoms. The standard InChI is InChI=1S/C16H17NO4/c1-20-15(18)13-9-11-7-8-14(13)17(10-11)16(19)21-12-5-3-2-4-6-12/h2-8,11,13-14H,9-10H2,1H3/t11-,13-,14+/m1/s1. The molecular formula is C16H17NO4. The van der Waals surface area contributed by atoms with Crippen LogP contribution in [0.4, 0.5) is 4.79 Å². The van der Waals surface area contributed by atoms with Crippen LogP contribution < -0.4 is 4.74 Å². The van der Waals surface area contributed by atoms with Crippen LogP contribution in [0.5, 0.6) is 5.75 Å². The molecule has 1 saturated heterocycles. The first-order valence-electron chi connectivity index (χ1n) is 6.98. The first-order chi connectivity index (χ1) is 10.2. The highest BCUT2D eigenvalue weighted by atomic mass is 16.6. The molecule has 1 fully saturated rings. The van der Waals surface area contributed by atoms with Gasteiger partial charge in [-0.15, -0.1) is 0 Å². The number of nitrogens with zero attached hydrogens (tertiary/aromatic N) is 1. The Morgan fingerprint density at radius 1 is 1.19 bits per heavy atom. The summed E-state index contributed by atoms with van der Waals surface area (Å²) < 4.78 is 10.2. The van der Waals surface area contributed by atoms with Gasteiger partial charge in [-0.2, -0.15) is 0 Å². The number of hydrogen-bond acceptors (Lipinski definition) is 4. The van der Waals surface area contributed by atoms with Crippen LogP contribution in [0, 0.1) is 11.8 Å². The summed E-state index contributed by atoms with van der Waals surface area (Å²) in [5.41, 5.74) is 0. The molecule has 0 unspecified atom stereocenters. The Morgan fingerprint density at radius 3 is 2.62 bits per heavy atom. The highest BCUT2D eigenvalue weighted by molar-refractivity contribution is 5.77. The molecule has 2 aliphatic heterocycles. The lowest BCUT2D eigenvalue weighted by Crippen LogP contribution is -2.55. The fourth-order valence-corrected chi connectivity index (χ4v) is 3.01. The van der Waals surface area contributed by atoms with Gasteiger partial charge in [0.1, 0.15) is 5.75 Å². The number of fused-ring (bicyclic) bond motifs is 2. The molecule has 110 valence electrons. The van der Waals surface area contributed by atoms with Crippen LogP contribution in [0.25, 0.3) is 0 Å². The van der Waals surface area contributed by atoms with Crippen molar-refractivity contribution in [2.45, 2.75) is 12.5 Å². The van der Waals surface area contributed by atoms with E-state index in [9.17, 15) is 9.59 Å². The van der Waals surface area contributed by atoms with Crippen LogP contribution in [-0.2, 0) is 9.53 Å². The van der Waals surface area contributed by atoms with E-state index in [2.05, 4.69) is 6.08 Å². The van der Waals surface area contributed by atoms with E-state index >= 15 is 0 Å². The second-order valence-electron chi connectivity index (χ2n) is 5.33. The lowest BCUT2D eigenvalue weighted by atomic mass is 9.78. The quantitative estimate of drug-likeness (QED) is 0.618. The van der Waals surface area contributed by atoms with E-state index in [1.807, 2.05) is 24.3 Å². The topological polar surface area (TPSA) is 55.8 Å². The van der Waals surface area contributed by atoms with Crippen LogP contribution in [0.15, 0.2) is 42.5 Å². The third kappa shape index (κ3) is 2.63. The summed E-state index contributed by atoms with van der Waals surface area (Å²) in [5.74, 6) is 0.110. The molecular weight excluding hydrogens is 270 g/mol. The van der Waals surface area contributed by atoms with Gasteiger partial charge in [0.25, 0.3) is 0 Å². The van der Waals surface area contributed by atoms with Gasteiger partial charge in [0.05, 0.1) is 19.1 Å². The van der Waals surface area contributed by atoms with Gasteiger partial charge >= 0.3 is 12.1 Å². The average Bonchev–Trinajstić information content (AvgIpc) is 2.55. The molecule has 1 aliphatic carbocycles. The van der Waals surface area contributed by atoms with E-state index in [0.717, 1.165) is 6.42 Å². The van der Waals surface area contributed by atoms with Crippen molar-refractivity contribution in [1.82, 2.24) is 4.90 Å². The van der Waals surface area contributed by atoms with Gasteiger partial charge in [0.15, 0.2) is 0 Å². The van der Waals surface area contributed by atoms with Gasteiger partial charge in [0, 0.05) is 6.54 Å². The number of esters is 1. The SMILES string of the molecule is COC(=O)[C@@H]1C[C@H]2C=C[C@@H]1N(C(=O)Oc1ccccc1)C2. The molecule has 0 saturated carbocycles. The Labute approximate surface area is 123 Å². The van der Waals surface area contributed by atoms with E-state index in [0.29, 0.717) is 12.3 Å². The molecule has 21 heavy (non-hydrogen) atoms. The Kier molecular flexibility index (Phi) is 3.64. The van der Waals surface area contributed by atoms with Crippen molar-refractivity contribution < 1.29 is 19.1 Å². The van der Waals surface area contributed by atoms with Crippen LogP contribution in [0.1, 0.15) is 6.42 Å². The summed E-state index contributed by atoms with van der Waals surface area (Å²) in [6.07, 6.45) is 4.28. The number of rotatable bonds is 2. The van der Waals surface area contributed by atoms with Crippen LogP contribution >= 0.6 is 0 Å². The largest absolute Gasteiger partial charge is 0.469 e. The summed E-state index contributed by atoms with van der Waals surface area (Å²) in [6.45, 7) is 0.584. The van der Waals surface area contributed by atoms with E-state index < -0.39 is 6.09 Å². The van der Waals surface area contributed by atoms with Gasteiger partial charge in [-0.1, -0.05) is 30.4 Å². The third-order valence-corrected chi connectivity index (χ3v) is 4.03. The van der Waals surface area contributed by atoms with Crippen molar-refractivity contribution in [3.8, 4) is 5.75 Å². The minimum atomic E-state index is -0.422. The first kappa shape index (κ1) is 13.7. The van der Waals surface area contributed by atoms with Crippen LogP contribution in [0.3, 0.4) is 0 Å². The number of para-hydroxylation sites is 1. The normalized spacial score (nSPS) is 26.5. The molecule has 1 amide bonds. The highest BCUT2D eigenvalue weighted by Gasteiger charge is 2.44. The maximum atomic E-state index is 12.3. The summed E-state index contributed by atoms with van der Waals surface area (Å²) in [5, 5.41) is 0. The van der Waals surface area contributed by atoms with E-state index in [-0.39, 0.29) is 23.8 Å². The van der Waals surface area contributed by atoms with Gasteiger partial charge in [-0.05, 0) is 24.5 Å². The zero-order valence-corrected chi connectivity index (χ0v) is 11.8. The van der Waals surface area contributed by atoms with Crippen molar-refractivity contribution in [2.75, 3.05) is 13.7 Å². The van der Waals surface area contributed by atoms with Crippen molar-refractivity contribution in [3.05, 3.63) is 42.5 Å². The third-order valence-electron chi connectivity index (χ3n) is 4.03. The summed E-state index contributed by atoms with van der Waals surface area (Å²) >= 11 is 0. The molecule has 3 aliphatic rings. The molecule has 1 aromatic rings. The monoisotopic (exact) mass is 287 g/mol. The van der Waals surface area contributed by atoms with Gasteiger partial charge in [-0.3, -0.25) is 9.69 Å². The minimum Gasteiger partial charge on any atom is -0.469 e. The number of carbonyl (C=O) groups is 2. The minimum absolute atomic E-state index is 0.183. The van der Waals surface area contributed by atoms with Crippen LogP contribution in [0.2, 0.25) is 0 Å². The number of benzene rings is 1. The van der Waals surface area contributed by atoms with Crippen molar-refractivity contribution in [2.24, 2.45) is 11.8 Å². The number of carbonyl (C=O) groups excluding carboxylic acids is 2. The fraction of sp³-hybridized carbons (Fsp3) is 0.375. The zero-order valence-electron chi connectivity index (χ0n) is 11.8. The average molecular weight is 287 g/mol. The molecule has 0 aromatic heterocycles. The Bertz CT molecular complexity index is 569. The molecule has 5 heteroatoms. The second kappa shape index (κ2) is 5.60. The molecule has 5 nitrogen and oxygen atoms in total. The summed E-state index contributed by atoms with van der Waals surface area (Å²) in [4.78, 5) is 25.8. The van der Waals surface area contributed by atoms with Gasteiger partial charge < -0.3 is 9.47 Å². The number of amides is 1. The summed E-state index contributed by atoms with van der Waals surface area (Å²) in [7, 11) is 1.38. The van der Waals surface area contributed by atoms with Crippen molar-refractivity contribution in [3.63, 3.8) is 0 Å².